The van der Waals surface area contributed by atoms with Crippen LogP contribution in [0, 0.1) is 0 Å². The Morgan fingerprint density at radius 1 is 1.11 bits per heavy atom. The molecule has 10 nitrogen and oxygen atoms in total. The number of amides is 4. The number of aromatic nitrogens is 1. The zero-order valence-electron chi connectivity index (χ0n) is 27.2. The largest absolute Gasteiger partial charge is 0.437 e. The minimum absolute atomic E-state index is 0.0960. The number of para-hydroxylation sites is 1. The molecule has 45 heavy (non-hydrogen) atoms. The summed E-state index contributed by atoms with van der Waals surface area (Å²) in [6, 6.07) is 15.2. The predicted molar refractivity (Wildman–Crippen MR) is 178 cm³/mol. The average molecular weight is 615 g/mol. The number of aromatic amines is 1. The van der Waals surface area contributed by atoms with E-state index in [0.29, 0.717) is 32.7 Å². The number of carbonyl (C=O) groups is 3. The van der Waals surface area contributed by atoms with Crippen LogP contribution in [0.5, 0.6) is 0 Å². The lowest BCUT2D eigenvalue weighted by atomic mass is 9.73. The predicted octanol–water partition coefficient (Wildman–Crippen LogP) is 3.51. The first-order chi connectivity index (χ1) is 21.6. The zero-order chi connectivity index (χ0) is 32.3. The molecular formula is C34H47BN6O4. The van der Waals surface area contributed by atoms with Crippen molar-refractivity contribution < 1.29 is 19.4 Å². The number of likely N-dealkylation sites (tertiary alicyclic amines) is 1. The Balaban J connectivity index is 1.37. The lowest BCUT2D eigenvalue weighted by Crippen LogP contribution is -2.57. The van der Waals surface area contributed by atoms with Crippen LogP contribution in [0.4, 0.5) is 4.79 Å². The van der Waals surface area contributed by atoms with Crippen LogP contribution in [-0.2, 0) is 15.0 Å². The molecule has 1 aromatic heterocycles. The number of nitrogens with zero attached hydrogens (tertiary/aromatic N) is 3. The monoisotopic (exact) mass is 614 g/mol. The van der Waals surface area contributed by atoms with Gasteiger partial charge < -0.3 is 35.3 Å². The number of carbonyl (C=O) groups excluding carboxylic acids is 3. The van der Waals surface area contributed by atoms with E-state index in [4.69, 9.17) is 0 Å². The Kier molecular flexibility index (Phi) is 9.89. The number of benzene rings is 2. The van der Waals surface area contributed by atoms with E-state index in [1.54, 1.807) is 16.6 Å². The number of H-pyrrole nitrogens is 1. The maximum absolute atomic E-state index is 14.4. The molecule has 1 fully saturated rings. The molecule has 1 aliphatic heterocycles. The summed E-state index contributed by atoms with van der Waals surface area (Å²) in [6.07, 6.45) is 4.22. The summed E-state index contributed by atoms with van der Waals surface area (Å²) in [5.74, 6) is -0.438. The van der Waals surface area contributed by atoms with Crippen molar-refractivity contribution in [2.24, 2.45) is 0 Å². The number of hydrogen-bond acceptors (Lipinski definition) is 5. The van der Waals surface area contributed by atoms with Crippen molar-refractivity contribution >= 4 is 35.8 Å². The van der Waals surface area contributed by atoms with Crippen LogP contribution in [-0.4, -0.2) is 102 Å². The minimum atomic E-state index is -0.775. The quantitative estimate of drug-likeness (QED) is 0.261. The van der Waals surface area contributed by atoms with Gasteiger partial charge in [0.1, 0.15) is 6.04 Å². The van der Waals surface area contributed by atoms with Gasteiger partial charge in [-0.1, -0.05) is 49.4 Å². The molecule has 1 unspecified atom stereocenters. The molecule has 240 valence electrons. The first-order valence-corrected chi connectivity index (χ1v) is 16.2. The molecule has 1 aliphatic carbocycles. The smallest absolute Gasteiger partial charge is 0.373 e. The molecular weight excluding hydrogens is 567 g/mol. The van der Waals surface area contributed by atoms with Gasteiger partial charge in [-0.3, -0.25) is 9.59 Å². The third-order valence-corrected chi connectivity index (χ3v) is 9.92. The molecule has 11 heteroatoms. The summed E-state index contributed by atoms with van der Waals surface area (Å²) in [6.45, 7) is 7.95. The van der Waals surface area contributed by atoms with Gasteiger partial charge in [-0.15, -0.1) is 0 Å². The molecule has 0 radical (unpaired) electrons. The van der Waals surface area contributed by atoms with E-state index in [1.807, 2.05) is 75.4 Å². The topological polar surface area (TPSA) is 121 Å². The first-order valence-electron chi connectivity index (χ1n) is 16.2. The van der Waals surface area contributed by atoms with Gasteiger partial charge in [0.05, 0.1) is 5.92 Å². The molecule has 2 aromatic carbocycles. The second-order valence-electron chi connectivity index (χ2n) is 12.9. The highest BCUT2D eigenvalue weighted by Crippen LogP contribution is 2.52. The third-order valence-electron chi connectivity index (χ3n) is 9.92. The molecule has 2 heterocycles. The number of piperidine rings is 1. The summed E-state index contributed by atoms with van der Waals surface area (Å²) in [5, 5.41) is 16.7. The lowest BCUT2D eigenvalue weighted by molar-refractivity contribution is -0.136. The molecule has 5 rings (SSSR count). The van der Waals surface area contributed by atoms with Crippen LogP contribution < -0.4 is 10.5 Å². The van der Waals surface area contributed by atoms with E-state index < -0.39 is 13.1 Å². The highest BCUT2D eigenvalue weighted by Gasteiger charge is 2.49. The molecule has 0 saturated carbocycles. The van der Waals surface area contributed by atoms with Crippen molar-refractivity contribution in [3.05, 3.63) is 71.4 Å². The average Bonchev–Trinajstić information content (AvgIpc) is 3.61. The molecule has 4 amide bonds. The zero-order valence-corrected chi connectivity index (χ0v) is 27.2. The van der Waals surface area contributed by atoms with E-state index in [0.717, 1.165) is 41.3 Å². The highest BCUT2D eigenvalue weighted by atomic mass is 16.2. The molecule has 1 spiro atoms. The van der Waals surface area contributed by atoms with Gasteiger partial charge in [0.2, 0.25) is 11.8 Å². The number of likely N-dealkylation sites (N-methyl/N-ethyl adjacent to an activating group) is 2. The van der Waals surface area contributed by atoms with Crippen molar-refractivity contribution in [2.45, 2.75) is 63.2 Å². The van der Waals surface area contributed by atoms with Gasteiger partial charge in [0, 0.05) is 75.3 Å². The highest BCUT2D eigenvalue weighted by molar-refractivity contribution is 6.45. The van der Waals surface area contributed by atoms with Crippen LogP contribution in [0.3, 0.4) is 0 Å². The van der Waals surface area contributed by atoms with Crippen LogP contribution in [0.1, 0.15) is 61.6 Å². The Bertz CT molecular complexity index is 1520. The number of hydrogen-bond donors (Lipinski definition) is 4. The molecule has 1 saturated heterocycles. The number of rotatable bonds is 10. The second-order valence-corrected chi connectivity index (χ2v) is 12.9. The fourth-order valence-electron chi connectivity index (χ4n) is 7.34. The SMILES string of the molecule is CCN(CCNB(C)O)C(=O)NC(C(=O)N1CCC2(CC1)C[C@@H](C(=O)N(C)C)c1ccccc12)[C@H](C)c1c[nH]c2ccccc12. The standard InChI is InChI=1S/C34H47BN6O4/c1-6-40(20-17-37-35(3)45)33(44)38-30(23(2)27-22-36-29-14-10-8-12-25(27)29)32(43)41-18-15-34(16-19-41)21-26(31(42)39(4)5)24-11-7-9-13-28(24)34/h7-14,22-23,26,30,36-37,45H,6,15-21H2,1-5H3,(H,38,44)/t23-,26-,30?/m1/s1. The van der Waals surface area contributed by atoms with E-state index in [1.165, 1.54) is 5.56 Å². The molecule has 3 aromatic rings. The number of nitrogens with one attached hydrogen (secondary N) is 3. The second kappa shape index (κ2) is 13.7. The van der Waals surface area contributed by atoms with E-state index in [9.17, 15) is 19.4 Å². The van der Waals surface area contributed by atoms with E-state index in [2.05, 4.69) is 27.7 Å². The van der Waals surface area contributed by atoms with Crippen LogP contribution >= 0.6 is 0 Å². The Hall–Kier alpha value is -3.83. The van der Waals surface area contributed by atoms with Crippen LogP contribution in [0.2, 0.25) is 6.82 Å². The summed E-state index contributed by atoms with van der Waals surface area (Å²) in [5.41, 5.74) is 4.16. The third kappa shape index (κ3) is 6.60. The first kappa shape index (κ1) is 32.6. The fourth-order valence-corrected chi connectivity index (χ4v) is 7.34. The van der Waals surface area contributed by atoms with Gasteiger partial charge in [-0.05, 0) is 55.8 Å². The van der Waals surface area contributed by atoms with Gasteiger partial charge in [0.15, 0.2) is 0 Å². The van der Waals surface area contributed by atoms with Crippen molar-refractivity contribution in [1.29, 1.82) is 0 Å². The van der Waals surface area contributed by atoms with Crippen LogP contribution in [0.25, 0.3) is 10.9 Å². The molecule has 3 atom stereocenters. The number of fused-ring (bicyclic) bond motifs is 3. The van der Waals surface area contributed by atoms with Crippen molar-refractivity contribution in [2.75, 3.05) is 46.8 Å². The Morgan fingerprint density at radius 3 is 2.49 bits per heavy atom. The van der Waals surface area contributed by atoms with Gasteiger partial charge in [-0.25, -0.2) is 4.79 Å². The van der Waals surface area contributed by atoms with Crippen molar-refractivity contribution in [1.82, 2.24) is 30.2 Å². The Morgan fingerprint density at radius 2 is 1.80 bits per heavy atom. The normalized spacial score (nSPS) is 18.4. The lowest BCUT2D eigenvalue weighted by Gasteiger charge is -2.42. The molecule has 4 N–H and O–H groups in total. The minimum Gasteiger partial charge on any atom is -0.437 e. The van der Waals surface area contributed by atoms with Crippen molar-refractivity contribution in [3.8, 4) is 0 Å². The number of urea groups is 1. The summed E-state index contributed by atoms with van der Waals surface area (Å²) in [4.78, 5) is 49.7. The maximum atomic E-state index is 14.4. The van der Waals surface area contributed by atoms with Gasteiger partial charge >= 0.3 is 13.1 Å². The summed E-state index contributed by atoms with van der Waals surface area (Å²) >= 11 is 0. The van der Waals surface area contributed by atoms with Crippen LogP contribution in [0.15, 0.2) is 54.7 Å². The molecule has 2 aliphatic rings. The fraction of sp³-hybridized carbons (Fsp3) is 0.500. The summed E-state index contributed by atoms with van der Waals surface area (Å²) in [7, 11) is 2.95. The van der Waals surface area contributed by atoms with Gasteiger partial charge in [0.25, 0.3) is 0 Å². The Labute approximate surface area is 266 Å². The van der Waals surface area contributed by atoms with Gasteiger partial charge in [-0.2, -0.15) is 0 Å². The van der Waals surface area contributed by atoms with E-state index >= 15 is 0 Å². The van der Waals surface area contributed by atoms with Crippen molar-refractivity contribution in [3.63, 3.8) is 0 Å². The maximum Gasteiger partial charge on any atom is 0.373 e. The van der Waals surface area contributed by atoms with E-state index in [-0.39, 0.29) is 35.1 Å². The molecule has 0 bridgehead atoms. The summed E-state index contributed by atoms with van der Waals surface area (Å²) < 4.78 is 0.